The summed E-state index contributed by atoms with van der Waals surface area (Å²) in [5, 5.41) is 0. The van der Waals surface area contributed by atoms with Crippen LogP contribution in [0.25, 0.3) is 0 Å². The predicted octanol–water partition coefficient (Wildman–Crippen LogP) is 6.00. The lowest BCUT2D eigenvalue weighted by molar-refractivity contribution is 0.299. The first-order chi connectivity index (χ1) is 10.3. The Morgan fingerprint density at radius 2 is 2.05 bits per heavy atom. The number of hydrogen-bond donors (Lipinski definition) is 0. The van der Waals surface area contributed by atoms with Crippen LogP contribution >= 0.6 is 11.9 Å². The van der Waals surface area contributed by atoms with Crippen molar-refractivity contribution in [1.82, 2.24) is 0 Å². The van der Waals surface area contributed by atoms with Gasteiger partial charge in [0.1, 0.15) is 0 Å². The molecule has 0 bridgehead atoms. The normalized spacial score (nSPS) is 32.4. The van der Waals surface area contributed by atoms with Gasteiger partial charge in [-0.25, -0.2) is 4.40 Å². The van der Waals surface area contributed by atoms with Crippen molar-refractivity contribution in [3.63, 3.8) is 0 Å². The summed E-state index contributed by atoms with van der Waals surface area (Å²) in [5.74, 6) is 2.13. The Balaban J connectivity index is 2.20. The lowest BCUT2D eigenvalue weighted by atomic mass is 9.75. The van der Waals surface area contributed by atoms with Crippen molar-refractivity contribution >= 4 is 17.7 Å². The van der Waals surface area contributed by atoms with Gasteiger partial charge in [0.05, 0.1) is 5.71 Å². The van der Waals surface area contributed by atoms with Gasteiger partial charge in [-0.1, -0.05) is 43.7 Å². The zero-order valence-corrected chi connectivity index (χ0v) is 14.5. The van der Waals surface area contributed by atoms with Gasteiger partial charge in [-0.3, -0.25) is 0 Å². The Bertz CT molecular complexity index is 436. The molecule has 0 spiro atoms. The molecule has 0 radical (unpaired) electrons. The molecule has 1 saturated carbocycles. The summed E-state index contributed by atoms with van der Waals surface area (Å²) in [6.45, 7) is 4.45. The quantitative estimate of drug-likeness (QED) is 0.458. The van der Waals surface area contributed by atoms with E-state index in [1.807, 2.05) is 0 Å². The average molecular weight is 304 g/mol. The highest BCUT2D eigenvalue weighted by atomic mass is 32.2. The van der Waals surface area contributed by atoms with Crippen molar-refractivity contribution in [3.8, 4) is 0 Å². The molecule has 0 saturated heterocycles. The number of nitrogens with zero attached hydrogens (tertiary/aromatic N) is 1. The van der Waals surface area contributed by atoms with Crippen molar-refractivity contribution in [2.45, 2.75) is 52.4 Å². The molecule has 0 aromatic carbocycles. The lowest BCUT2D eigenvalue weighted by Gasteiger charge is -2.31. The molecular formula is C19H29NS. The van der Waals surface area contributed by atoms with Crippen LogP contribution in [0.5, 0.6) is 0 Å². The first-order valence-corrected chi connectivity index (χ1v) is 9.59. The van der Waals surface area contributed by atoms with Crippen molar-refractivity contribution in [3.05, 3.63) is 36.0 Å². The average Bonchev–Trinajstić information content (AvgIpc) is 2.71. The highest BCUT2D eigenvalue weighted by Gasteiger charge is 2.28. The van der Waals surface area contributed by atoms with E-state index in [0.29, 0.717) is 11.8 Å². The highest BCUT2D eigenvalue weighted by molar-refractivity contribution is 7.97. The molecule has 1 unspecified atom stereocenters. The summed E-state index contributed by atoms with van der Waals surface area (Å²) < 4.78 is 4.81. The summed E-state index contributed by atoms with van der Waals surface area (Å²) in [6.07, 6.45) is 21.3. The molecule has 0 aliphatic heterocycles. The molecule has 0 N–H and O–H groups in total. The van der Waals surface area contributed by atoms with Gasteiger partial charge < -0.3 is 0 Å². The maximum absolute atomic E-state index is 4.81. The van der Waals surface area contributed by atoms with Gasteiger partial charge in [-0.15, -0.1) is 0 Å². The third-order valence-corrected chi connectivity index (χ3v) is 5.31. The van der Waals surface area contributed by atoms with E-state index >= 15 is 0 Å². The zero-order valence-electron chi connectivity index (χ0n) is 13.7. The molecule has 21 heavy (non-hydrogen) atoms. The van der Waals surface area contributed by atoms with E-state index in [-0.39, 0.29) is 0 Å². The summed E-state index contributed by atoms with van der Waals surface area (Å²) in [6, 6.07) is 0. The largest absolute Gasteiger partial charge is 0.221 e. The molecule has 1 atom stereocenters. The molecule has 2 rings (SSSR count). The van der Waals surface area contributed by atoms with E-state index < -0.39 is 0 Å². The van der Waals surface area contributed by atoms with E-state index in [1.165, 1.54) is 43.4 Å². The maximum atomic E-state index is 4.81. The van der Waals surface area contributed by atoms with Crippen LogP contribution in [0, 0.1) is 17.8 Å². The van der Waals surface area contributed by atoms with Crippen LogP contribution in [0.3, 0.4) is 0 Å². The second kappa shape index (κ2) is 8.63. The maximum Gasteiger partial charge on any atom is 0.0593 e. The molecule has 116 valence electrons. The van der Waals surface area contributed by atoms with Crippen molar-refractivity contribution in [2.75, 3.05) is 6.26 Å². The minimum absolute atomic E-state index is 0.455. The summed E-state index contributed by atoms with van der Waals surface area (Å²) in [4.78, 5) is 0. The van der Waals surface area contributed by atoms with Crippen molar-refractivity contribution < 1.29 is 0 Å². The second-order valence-electron chi connectivity index (χ2n) is 6.20. The molecule has 1 fully saturated rings. The highest BCUT2D eigenvalue weighted by Crippen LogP contribution is 2.37. The van der Waals surface area contributed by atoms with Crippen LogP contribution in [-0.2, 0) is 0 Å². The smallest absolute Gasteiger partial charge is 0.0593 e. The molecule has 2 heteroatoms. The minimum atomic E-state index is 0.455. The fourth-order valence-electron chi connectivity index (χ4n) is 3.66. The monoisotopic (exact) mass is 303 g/mol. The van der Waals surface area contributed by atoms with Crippen LogP contribution in [-0.4, -0.2) is 12.0 Å². The molecule has 0 heterocycles. The number of rotatable bonds is 4. The van der Waals surface area contributed by atoms with Crippen molar-refractivity contribution in [1.29, 1.82) is 0 Å². The Morgan fingerprint density at radius 1 is 1.29 bits per heavy atom. The van der Waals surface area contributed by atoms with Crippen LogP contribution in [0.15, 0.2) is 40.4 Å². The molecular weight excluding hydrogens is 274 g/mol. The third-order valence-electron chi connectivity index (χ3n) is 4.93. The fraction of sp³-hybridized carbons (Fsp3) is 0.632. The third kappa shape index (κ3) is 4.35. The molecule has 0 aromatic heterocycles. The number of hydrogen-bond acceptors (Lipinski definition) is 2. The SMILES string of the molecule is C/C=C\C1CC=CC=C(C2CCC(CC)CC2)/C1=N/SC. The van der Waals surface area contributed by atoms with E-state index in [4.69, 9.17) is 4.40 Å². The zero-order chi connectivity index (χ0) is 15.1. The number of allylic oxidation sites excluding steroid dienone is 6. The summed E-state index contributed by atoms with van der Waals surface area (Å²) in [7, 11) is 0. The van der Waals surface area contributed by atoms with E-state index in [9.17, 15) is 0 Å². The van der Waals surface area contributed by atoms with Crippen LogP contribution in [0.4, 0.5) is 0 Å². The Morgan fingerprint density at radius 3 is 2.67 bits per heavy atom. The molecule has 0 aromatic rings. The summed E-state index contributed by atoms with van der Waals surface area (Å²) >= 11 is 1.61. The van der Waals surface area contributed by atoms with Gasteiger partial charge in [-0.05, 0) is 68.4 Å². The Kier molecular flexibility index (Phi) is 6.82. The first kappa shape index (κ1) is 16.6. The Labute approximate surface area is 134 Å². The van der Waals surface area contributed by atoms with Gasteiger partial charge >= 0.3 is 0 Å². The summed E-state index contributed by atoms with van der Waals surface area (Å²) in [5.41, 5.74) is 2.83. The lowest BCUT2D eigenvalue weighted by Crippen LogP contribution is -2.23. The van der Waals surface area contributed by atoms with E-state index in [2.05, 4.69) is 50.5 Å². The van der Waals surface area contributed by atoms with Crippen molar-refractivity contribution in [2.24, 2.45) is 22.2 Å². The Hall–Kier alpha value is -0.760. The second-order valence-corrected chi connectivity index (χ2v) is 6.75. The predicted molar refractivity (Wildman–Crippen MR) is 96.8 cm³/mol. The van der Waals surface area contributed by atoms with Crippen LogP contribution in [0.2, 0.25) is 0 Å². The molecule has 1 nitrogen and oxygen atoms in total. The molecule has 2 aliphatic carbocycles. The van der Waals surface area contributed by atoms with E-state index in [0.717, 1.165) is 12.3 Å². The van der Waals surface area contributed by atoms with Gasteiger partial charge in [-0.2, -0.15) is 0 Å². The minimum Gasteiger partial charge on any atom is -0.221 e. The van der Waals surface area contributed by atoms with Gasteiger partial charge in [0, 0.05) is 12.2 Å². The molecule has 2 aliphatic rings. The van der Waals surface area contributed by atoms with Gasteiger partial charge in [0.25, 0.3) is 0 Å². The van der Waals surface area contributed by atoms with Crippen LogP contribution in [0.1, 0.15) is 52.4 Å². The molecule has 0 amide bonds. The first-order valence-electron chi connectivity index (χ1n) is 8.41. The fourth-order valence-corrected chi connectivity index (χ4v) is 4.09. The van der Waals surface area contributed by atoms with Crippen LogP contribution < -0.4 is 0 Å². The van der Waals surface area contributed by atoms with Gasteiger partial charge in [0.15, 0.2) is 0 Å². The van der Waals surface area contributed by atoms with E-state index in [1.54, 1.807) is 11.9 Å². The van der Waals surface area contributed by atoms with Gasteiger partial charge in [0.2, 0.25) is 0 Å². The standard InChI is InChI=1S/C19H29NS/c1-4-8-17-9-6-7-10-18(19(17)20-21-3)16-13-11-15(5-2)12-14-16/h4,6-8,10,15-17H,5,9,11-14H2,1-3H3/b8-4-,20-19+. The topological polar surface area (TPSA) is 12.4 Å².